The Hall–Kier alpha value is -3.14. The number of para-hydroxylation sites is 2. The first-order valence-electron chi connectivity index (χ1n) is 8.55. The highest BCUT2D eigenvalue weighted by molar-refractivity contribution is 5.89. The summed E-state index contributed by atoms with van der Waals surface area (Å²) in [5, 5.41) is 2.95. The molecule has 1 aliphatic rings. The van der Waals surface area contributed by atoms with Gasteiger partial charge in [-0.05, 0) is 25.1 Å². The van der Waals surface area contributed by atoms with Gasteiger partial charge in [-0.15, -0.1) is 0 Å². The van der Waals surface area contributed by atoms with Crippen molar-refractivity contribution in [3.63, 3.8) is 0 Å². The van der Waals surface area contributed by atoms with Crippen LogP contribution < -0.4 is 10.1 Å². The van der Waals surface area contributed by atoms with Crippen molar-refractivity contribution in [3.8, 4) is 11.5 Å². The van der Waals surface area contributed by atoms with Gasteiger partial charge in [-0.3, -0.25) is 4.79 Å². The molecule has 1 atom stereocenters. The van der Waals surface area contributed by atoms with Crippen molar-refractivity contribution in [1.82, 2.24) is 5.32 Å². The zero-order valence-electron chi connectivity index (χ0n) is 14.3. The Morgan fingerprint density at radius 1 is 0.923 bits per heavy atom. The molecule has 0 saturated carbocycles. The quantitative estimate of drug-likeness (QED) is 0.729. The van der Waals surface area contributed by atoms with Crippen molar-refractivity contribution in [1.29, 1.82) is 0 Å². The molecular formula is C22H18FNO2. The molecule has 3 nitrogen and oxygen atoms in total. The maximum Gasteiger partial charge on any atom is 0.232 e. The van der Waals surface area contributed by atoms with Gasteiger partial charge in [0, 0.05) is 16.7 Å². The molecule has 0 fully saturated rings. The molecule has 0 spiro atoms. The fraction of sp³-hybridized carbons (Fsp3) is 0.136. The predicted octanol–water partition coefficient (Wildman–Crippen LogP) is 4.94. The molecule has 0 bridgehead atoms. The summed E-state index contributed by atoms with van der Waals surface area (Å²) in [5.41, 5.74) is 2.09. The maximum absolute atomic E-state index is 14.0. The van der Waals surface area contributed by atoms with Crippen molar-refractivity contribution in [3.05, 3.63) is 95.3 Å². The molecule has 0 unspecified atom stereocenters. The first-order chi connectivity index (χ1) is 12.6. The Bertz CT molecular complexity index is 924. The minimum absolute atomic E-state index is 0.177. The van der Waals surface area contributed by atoms with Gasteiger partial charge in [-0.2, -0.15) is 0 Å². The molecule has 1 N–H and O–H groups in total. The predicted molar refractivity (Wildman–Crippen MR) is 97.8 cm³/mol. The minimum Gasteiger partial charge on any atom is -0.457 e. The van der Waals surface area contributed by atoms with Crippen LogP contribution in [0.25, 0.3) is 0 Å². The van der Waals surface area contributed by atoms with E-state index < -0.39 is 12.0 Å². The lowest BCUT2D eigenvalue weighted by Crippen LogP contribution is -2.33. The third-order valence-corrected chi connectivity index (χ3v) is 4.67. The summed E-state index contributed by atoms with van der Waals surface area (Å²) in [5.74, 6) is 0.345. The number of nitrogens with one attached hydrogen (secondary N) is 1. The molecule has 4 heteroatoms. The summed E-state index contributed by atoms with van der Waals surface area (Å²) in [6.07, 6.45) is 0. The Kier molecular flexibility index (Phi) is 4.17. The fourth-order valence-corrected chi connectivity index (χ4v) is 3.39. The highest BCUT2D eigenvalue weighted by atomic mass is 19.1. The van der Waals surface area contributed by atoms with E-state index in [0.717, 1.165) is 11.1 Å². The fourth-order valence-electron chi connectivity index (χ4n) is 3.39. The van der Waals surface area contributed by atoms with Crippen molar-refractivity contribution in [2.24, 2.45) is 0 Å². The zero-order valence-corrected chi connectivity index (χ0v) is 14.3. The van der Waals surface area contributed by atoms with Crippen LogP contribution >= 0.6 is 0 Å². The number of hydrogen-bond acceptors (Lipinski definition) is 2. The Labute approximate surface area is 151 Å². The number of rotatable bonds is 3. The van der Waals surface area contributed by atoms with E-state index in [0.29, 0.717) is 17.1 Å². The number of fused-ring (bicyclic) bond motifs is 2. The second-order valence-corrected chi connectivity index (χ2v) is 6.36. The Morgan fingerprint density at radius 2 is 1.46 bits per heavy atom. The molecule has 0 radical (unpaired) electrons. The van der Waals surface area contributed by atoms with Gasteiger partial charge in [0.15, 0.2) is 0 Å². The highest BCUT2D eigenvalue weighted by Gasteiger charge is 2.33. The molecular weight excluding hydrogens is 329 g/mol. The third-order valence-electron chi connectivity index (χ3n) is 4.67. The van der Waals surface area contributed by atoms with Gasteiger partial charge in [0.25, 0.3) is 0 Å². The number of halogens is 1. The van der Waals surface area contributed by atoms with E-state index in [1.807, 2.05) is 48.5 Å². The average molecular weight is 347 g/mol. The lowest BCUT2D eigenvalue weighted by Gasteiger charge is -2.28. The summed E-state index contributed by atoms with van der Waals surface area (Å²) in [4.78, 5) is 13.1. The topological polar surface area (TPSA) is 38.3 Å². The molecule has 0 saturated heterocycles. The first kappa shape index (κ1) is 16.3. The standard InChI is InChI=1S/C22H18FNO2/c1-14(15-8-2-5-11-18(15)23)24-22(25)21-16-9-3-6-12-19(16)26-20-13-7-4-10-17(20)21/h2-14,21H,1H3,(H,24,25)/t14-/m1/s1. The lowest BCUT2D eigenvalue weighted by molar-refractivity contribution is -0.122. The largest absolute Gasteiger partial charge is 0.457 e. The van der Waals surface area contributed by atoms with Crippen LogP contribution in [-0.4, -0.2) is 5.91 Å². The second kappa shape index (κ2) is 6.64. The molecule has 1 aliphatic heterocycles. The van der Waals surface area contributed by atoms with E-state index in [4.69, 9.17) is 4.74 Å². The third kappa shape index (κ3) is 2.84. The van der Waals surface area contributed by atoms with Crippen molar-refractivity contribution in [2.75, 3.05) is 0 Å². The number of amides is 1. The number of carbonyl (C=O) groups is 1. The highest BCUT2D eigenvalue weighted by Crippen LogP contribution is 2.44. The van der Waals surface area contributed by atoms with Crippen molar-refractivity contribution >= 4 is 5.91 Å². The molecule has 1 heterocycles. The number of benzene rings is 3. The second-order valence-electron chi connectivity index (χ2n) is 6.36. The molecule has 26 heavy (non-hydrogen) atoms. The normalized spacial score (nSPS) is 13.9. The van der Waals surface area contributed by atoms with Gasteiger partial charge in [0.05, 0.1) is 12.0 Å². The molecule has 0 aliphatic carbocycles. The summed E-state index contributed by atoms with van der Waals surface area (Å²) in [6.45, 7) is 1.79. The maximum atomic E-state index is 14.0. The van der Waals surface area contributed by atoms with Gasteiger partial charge in [0.1, 0.15) is 17.3 Å². The van der Waals surface area contributed by atoms with Crippen LogP contribution in [-0.2, 0) is 4.79 Å². The number of hydrogen-bond donors (Lipinski definition) is 1. The average Bonchev–Trinajstić information content (AvgIpc) is 2.66. The minimum atomic E-state index is -0.495. The van der Waals surface area contributed by atoms with Crippen LogP contribution in [0.15, 0.2) is 72.8 Å². The van der Waals surface area contributed by atoms with Crippen LogP contribution in [0, 0.1) is 5.82 Å². The first-order valence-corrected chi connectivity index (χ1v) is 8.55. The molecule has 4 rings (SSSR count). The number of carbonyl (C=O) groups excluding carboxylic acids is 1. The molecule has 3 aromatic carbocycles. The van der Waals surface area contributed by atoms with E-state index >= 15 is 0 Å². The molecule has 130 valence electrons. The van der Waals surface area contributed by atoms with E-state index in [1.165, 1.54) is 6.07 Å². The monoisotopic (exact) mass is 347 g/mol. The summed E-state index contributed by atoms with van der Waals surface area (Å²) < 4.78 is 20.0. The van der Waals surface area contributed by atoms with Gasteiger partial charge in [-0.1, -0.05) is 54.6 Å². The van der Waals surface area contributed by atoms with Crippen LogP contribution in [0.3, 0.4) is 0 Å². The van der Waals surface area contributed by atoms with E-state index in [1.54, 1.807) is 25.1 Å². The van der Waals surface area contributed by atoms with Gasteiger partial charge < -0.3 is 10.1 Å². The van der Waals surface area contributed by atoms with Gasteiger partial charge in [-0.25, -0.2) is 4.39 Å². The summed E-state index contributed by atoms with van der Waals surface area (Å²) in [7, 11) is 0. The van der Waals surface area contributed by atoms with Crippen LogP contribution in [0.5, 0.6) is 11.5 Å². The lowest BCUT2D eigenvalue weighted by atomic mass is 9.87. The Morgan fingerprint density at radius 3 is 2.08 bits per heavy atom. The van der Waals surface area contributed by atoms with Crippen molar-refractivity contribution < 1.29 is 13.9 Å². The summed E-state index contributed by atoms with van der Waals surface area (Å²) in [6, 6.07) is 21.1. The van der Waals surface area contributed by atoms with Crippen LogP contribution in [0.1, 0.15) is 35.6 Å². The zero-order chi connectivity index (χ0) is 18.1. The smallest absolute Gasteiger partial charge is 0.232 e. The summed E-state index contributed by atoms with van der Waals surface area (Å²) >= 11 is 0. The SMILES string of the molecule is C[C@@H](NC(=O)C1c2ccccc2Oc2ccccc21)c1ccccc1F. The van der Waals surface area contributed by atoms with Gasteiger partial charge in [0.2, 0.25) is 5.91 Å². The van der Waals surface area contributed by atoms with E-state index in [-0.39, 0.29) is 11.7 Å². The van der Waals surface area contributed by atoms with Crippen LogP contribution in [0.2, 0.25) is 0 Å². The molecule has 3 aromatic rings. The Balaban J connectivity index is 1.69. The van der Waals surface area contributed by atoms with Crippen LogP contribution in [0.4, 0.5) is 4.39 Å². The molecule has 0 aromatic heterocycles. The van der Waals surface area contributed by atoms with Gasteiger partial charge >= 0.3 is 0 Å². The van der Waals surface area contributed by atoms with Crippen molar-refractivity contribution in [2.45, 2.75) is 18.9 Å². The van der Waals surface area contributed by atoms with E-state index in [9.17, 15) is 9.18 Å². The van der Waals surface area contributed by atoms with E-state index in [2.05, 4.69) is 5.32 Å². The number of ether oxygens (including phenoxy) is 1. The molecule has 1 amide bonds.